The van der Waals surface area contributed by atoms with E-state index in [1.54, 1.807) is 4.90 Å². The zero-order valence-corrected chi connectivity index (χ0v) is 11.4. The van der Waals surface area contributed by atoms with Gasteiger partial charge in [-0.3, -0.25) is 4.79 Å². The lowest BCUT2D eigenvalue weighted by Gasteiger charge is -2.20. The lowest BCUT2D eigenvalue weighted by molar-refractivity contribution is -0.142. The van der Waals surface area contributed by atoms with Crippen molar-refractivity contribution < 1.29 is 14.7 Å². The molecule has 3 rings (SSSR count). The van der Waals surface area contributed by atoms with Crippen molar-refractivity contribution in [2.24, 2.45) is 23.2 Å². The Kier molecular flexibility index (Phi) is 2.95. The van der Waals surface area contributed by atoms with Crippen LogP contribution in [0.15, 0.2) is 0 Å². The summed E-state index contributed by atoms with van der Waals surface area (Å²) >= 11 is 0. The minimum atomic E-state index is -0.792. The molecule has 0 bridgehead atoms. The molecule has 106 valence electrons. The summed E-state index contributed by atoms with van der Waals surface area (Å²) in [5, 5.41) is 12.1. The Hall–Kier alpha value is -1.26. The fourth-order valence-electron chi connectivity index (χ4n) is 3.40. The Morgan fingerprint density at radius 1 is 1.32 bits per heavy atom. The molecule has 5 heteroatoms. The van der Waals surface area contributed by atoms with Gasteiger partial charge in [-0.15, -0.1) is 0 Å². The van der Waals surface area contributed by atoms with Crippen molar-refractivity contribution in [3.05, 3.63) is 0 Å². The number of aliphatic carboxylic acids is 1. The van der Waals surface area contributed by atoms with Crippen LogP contribution in [0.2, 0.25) is 0 Å². The summed E-state index contributed by atoms with van der Waals surface area (Å²) in [6, 6.07) is -0.0810. The molecule has 1 saturated heterocycles. The van der Waals surface area contributed by atoms with E-state index in [-0.39, 0.29) is 11.9 Å². The Labute approximate surface area is 113 Å². The number of hydrogen-bond acceptors (Lipinski definition) is 2. The molecule has 0 aromatic carbocycles. The largest absolute Gasteiger partial charge is 0.481 e. The van der Waals surface area contributed by atoms with Crippen molar-refractivity contribution in [2.75, 3.05) is 19.6 Å². The number of likely N-dealkylation sites (tertiary alicyclic amines) is 1. The first-order chi connectivity index (χ1) is 9.02. The van der Waals surface area contributed by atoms with Crippen LogP contribution in [-0.2, 0) is 4.79 Å². The lowest BCUT2D eigenvalue weighted by atomic mass is 9.99. The number of carbonyl (C=O) groups is 2. The van der Waals surface area contributed by atoms with Crippen LogP contribution in [0, 0.1) is 23.2 Å². The maximum atomic E-state index is 12.1. The van der Waals surface area contributed by atoms with Gasteiger partial charge in [0, 0.05) is 19.6 Å². The monoisotopic (exact) mass is 266 g/mol. The zero-order valence-electron chi connectivity index (χ0n) is 11.4. The van der Waals surface area contributed by atoms with Crippen LogP contribution in [0.3, 0.4) is 0 Å². The fraction of sp³-hybridized carbons (Fsp3) is 0.857. The highest BCUT2D eigenvalue weighted by molar-refractivity contribution is 5.77. The van der Waals surface area contributed by atoms with Crippen molar-refractivity contribution in [3.63, 3.8) is 0 Å². The summed E-state index contributed by atoms with van der Waals surface area (Å²) in [7, 11) is 0. The predicted octanol–water partition coefficient (Wildman–Crippen LogP) is 1.54. The standard InChI is InChI=1S/C14H22N2O3/c1-9-6-16(7-11(9)12(17)18)13(19)15-8-14(4-5-14)10-2-3-10/h9-11H,2-8H2,1H3,(H,15,19)(H,17,18)/t9-,11-/m1/s1. The number of nitrogens with one attached hydrogen (secondary N) is 1. The number of rotatable bonds is 4. The van der Waals surface area contributed by atoms with E-state index >= 15 is 0 Å². The minimum Gasteiger partial charge on any atom is -0.481 e. The fourth-order valence-corrected chi connectivity index (χ4v) is 3.40. The Morgan fingerprint density at radius 2 is 2.00 bits per heavy atom. The van der Waals surface area contributed by atoms with Gasteiger partial charge in [0.15, 0.2) is 0 Å². The van der Waals surface area contributed by atoms with Crippen LogP contribution in [0.25, 0.3) is 0 Å². The van der Waals surface area contributed by atoms with Gasteiger partial charge in [0.25, 0.3) is 0 Å². The Balaban J connectivity index is 1.50. The highest BCUT2D eigenvalue weighted by Gasteiger charge is 2.53. The van der Waals surface area contributed by atoms with Gasteiger partial charge in [-0.2, -0.15) is 0 Å². The third-order valence-corrected chi connectivity index (χ3v) is 5.14. The second kappa shape index (κ2) is 4.39. The number of carboxylic acids is 1. The molecule has 2 aliphatic carbocycles. The van der Waals surface area contributed by atoms with Gasteiger partial charge in [-0.05, 0) is 42.9 Å². The van der Waals surface area contributed by atoms with Gasteiger partial charge in [-0.1, -0.05) is 6.92 Å². The molecule has 5 nitrogen and oxygen atoms in total. The number of hydrogen-bond donors (Lipinski definition) is 2. The summed E-state index contributed by atoms with van der Waals surface area (Å²) in [6.07, 6.45) is 5.12. The quantitative estimate of drug-likeness (QED) is 0.811. The molecule has 1 aliphatic heterocycles. The molecule has 0 aromatic heterocycles. The third-order valence-electron chi connectivity index (χ3n) is 5.14. The van der Waals surface area contributed by atoms with Crippen LogP contribution in [0.5, 0.6) is 0 Å². The van der Waals surface area contributed by atoms with Gasteiger partial charge in [-0.25, -0.2) is 4.79 Å². The van der Waals surface area contributed by atoms with Crippen LogP contribution < -0.4 is 5.32 Å². The number of urea groups is 1. The van der Waals surface area contributed by atoms with E-state index < -0.39 is 11.9 Å². The topological polar surface area (TPSA) is 69.6 Å². The zero-order chi connectivity index (χ0) is 13.6. The van der Waals surface area contributed by atoms with Crippen molar-refractivity contribution in [1.29, 1.82) is 0 Å². The van der Waals surface area contributed by atoms with Gasteiger partial charge in [0.05, 0.1) is 5.92 Å². The molecule has 0 radical (unpaired) electrons. The summed E-state index contributed by atoms with van der Waals surface area (Å²) in [4.78, 5) is 24.8. The molecule has 3 aliphatic rings. The number of nitrogens with zero attached hydrogens (tertiary/aromatic N) is 1. The van der Waals surface area contributed by atoms with Crippen molar-refractivity contribution in [3.8, 4) is 0 Å². The maximum absolute atomic E-state index is 12.1. The highest BCUT2D eigenvalue weighted by Crippen LogP contribution is 2.60. The van der Waals surface area contributed by atoms with Gasteiger partial charge < -0.3 is 15.3 Å². The normalized spacial score (nSPS) is 32.2. The van der Waals surface area contributed by atoms with E-state index in [1.807, 2.05) is 6.92 Å². The molecule has 0 unspecified atom stereocenters. The van der Waals surface area contributed by atoms with Crippen molar-refractivity contribution in [2.45, 2.75) is 32.6 Å². The summed E-state index contributed by atoms with van der Waals surface area (Å²) in [5.41, 5.74) is 0.396. The van der Waals surface area contributed by atoms with Crippen LogP contribution in [-0.4, -0.2) is 41.6 Å². The number of carbonyl (C=O) groups excluding carboxylic acids is 1. The maximum Gasteiger partial charge on any atom is 0.317 e. The van der Waals surface area contributed by atoms with Crippen LogP contribution in [0.1, 0.15) is 32.6 Å². The molecule has 0 spiro atoms. The molecule has 19 heavy (non-hydrogen) atoms. The molecule has 3 fully saturated rings. The smallest absolute Gasteiger partial charge is 0.317 e. The van der Waals surface area contributed by atoms with E-state index in [1.165, 1.54) is 25.7 Å². The molecule has 1 heterocycles. The molecular formula is C14H22N2O3. The van der Waals surface area contributed by atoms with E-state index in [2.05, 4.69) is 5.32 Å². The second-order valence-corrected chi connectivity index (χ2v) is 6.62. The molecule has 2 amide bonds. The summed E-state index contributed by atoms with van der Waals surface area (Å²) < 4.78 is 0. The van der Waals surface area contributed by atoms with E-state index in [0.29, 0.717) is 18.5 Å². The first kappa shape index (κ1) is 12.8. The van der Waals surface area contributed by atoms with E-state index in [9.17, 15) is 9.59 Å². The van der Waals surface area contributed by atoms with Crippen molar-refractivity contribution in [1.82, 2.24) is 10.2 Å². The molecular weight excluding hydrogens is 244 g/mol. The molecule has 2 saturated carbocycles. The molecule has 2 atom stereocenters. The predicted molar refractivity (Wildman–Crippen MR) is 69.7 cm³/mol. The summed E-state index contributed by atoms with van der Waals surface area (Å²) in [5.74, 6) is -0.331. The Bertz CT molecular complexity index is 401. The average Bonchev–Trinajstić information content (AvgIpc) is 3.23. The molecule has 0 aromatic rings. The first-order valence-corrected chi connectivity index (χ1v) is 7.27. The highest BCUT2D eigenvalue weighted by atomic mass is 16.4. The van der Waals surface area contributed by atoms with E-state index in [4.69, 9.17) is 5.11 Å². The first-order valence-electron chi connectivity index (χ1n) is 7.27. The summed E-state index contributed by atoms with van der Waals surface area (Å²) in [6.45, 7) is 3.58. The number of amides is 2. The Morgan fingerprint density at radius 3 is 2.47 bits per heavy atom. The average molecular weight is 266 g/mol. The third kappa shape index (κ3) is 2.42. The van der Waals surface area contributed by atoms with Crippen LogP contribution in [0.4, 0.5) is 4.79 Å². The SMILES string of the molecule is C[C@@H]1CN(C(=O)NCC2(C3CC3)CC2)C[C@H]1C(=O)O. The van der Waals surface area contributed by atoms with Gasteiger partial charge >= 0.3 is 12.0 Å². The number of carboxylic acid groups (broad SMARTS) is 1. The van der Waals surface area contributed by atoms with Crippen molar-refractivity contribution >= 4 is 12.0 Å². The minimum absolute atomic E-state index is 0.0431. The van der Waals surface area contributed by atoms with E-state index in [0.717, 1.165) is 12.5 Å². The molecule has 2 N–H and O–H groups in total. The lowest BCUT2D eigenvalue weighted by Crippen LogP contribution is -2.41. The van der Waals surface area contributed by atoms with Gasteiger partial charge in [0.2, 0.25) is 0 Å². The second-order valence-electron chi connectivity index (χ2n) is 6.62. The van der Waals surface area contributed by atoms with Crippen LogP contribution >= 0.6 is 0 Å². The van der Waals surface area contributed by atoms with Gasteiger partial charge in [0.1, 0.15) is 0 Å².